The largest absolute Gasteiger partial charge is 0.350 e. The SMILES string of the molecule is C[C@H](C(=O)NC(C)(C)C)N(Cc1c(Cl)cccc1Cl)C(=O)CN(c1ccc(F)c(F)c1)S(C)(=O)=O. The van der Waals surface area contributed by atoms with Crippen molar-refractivity contribution >= 4 is 50.7 Å². The summed E-state index contributed by atoms with van der Waals surface area (Å²) in [5.74, 6) is -3.72. The van der Waals surface area contributed by atoms with Crippen molar-refractivity contribution in [3.63, 3.8) is 0 Å². The summed E-state index contributed by atoms with van der Waals surface area (Å²) >= 11 is 12.5. The number of hydrogen-bond acceptors (Lipinski definition) is 4. The third kappa shape index (κ3) is 7.78. The molecule has 0 bridgehead atoms. The minimum absolute atomic E-state index is 0.203. The van der Waals surface area contributed by atoms with E-state index in [-0.39, 0.29) is 22.3 Å². The Balaban J connectivity index is 2.49. The number of nitrogens with zero attached hydrogens (tertiary/aromatic N) is 2. The maximum absolute atomic E-state index is 13.8. The number of carbonyl (C=O) groups excluding carboxylic acids is 2. The molecule has 2 rings (SSSR count). The van der Waals surface area contributed by atoms with Crippen LogP contribution in [0.3, 0.4) is 0 Å². The van der Waals surface area contributed by atoms with Crippen molar-refractivity contribution in [2.75, 3.05) is 17.1 Å². The molecule has 0 saturated heterocycles. The van der Waals surface area contributed by atoms with E-state index in [4.69, 9.17) is 23.2 Å². The Hall–Kier alpha value is -2.43. The Kier molecular flexibility index (Phi) is 9.13. The van der Waals surface area contributed by atoms with Crippen LogP contribution >= 0.6 is 23.2 Å². The highest BCUT2D eigenvalue weighted by Gasteiger charge is 2.32. The second-order valence-corrected chi connectivity index (χ2v) is 11.7. The predicted molar refractivity (Wildman–Crippen MR) is 133 cm³/mol. The minimum atomic E-state index is -4.10. The molecule has 2 aromatic rings. The van der Waals surface area contributed by atoms with E-state index in [2.05, 4.69) is 5.32 Å². The molecular weight excluding hydrogens is 523 g/mol. The molecule has 0 radical (unpaired) electrons. The van der Waals surface area contributed by atoms with Crippen LogP contribution < -0.4 is 9.62 Å². The summed E-state index contributed by atoms with van der Waals surface area (Å²) in [6.45, 7) is 5.80. The highest BCUT2D eigenvalue weighted by molar-refractivity contribution is 7.92. The van der Waals surface area contributed by atoms with Crippen LogP contribution in [0.15, 0.2) is 36.4 Å². The fraction of sp³-hybridized carbons (Fsp3) is 0.391. The van der Waals surface area contributed by atoms with E-state index in [0.717, 1.165) is 23.3 Å². The maximum Gasteiger partial charge on any atom is 0.244 e. The monoisotopic (exact) mass is 549 g/mol. The molecular formula is C23H27Cl2F2N3O4S. The number of amides is 2. The number of benzene rings is 2. The molecule has 0 spiro atoms. The summed E-state index contributed by atoms with van der Waals surface area (Å²) in [5, 5.41) is 3.28. The first-order valence-electron chi connectivity index (χ1n) is 10.5. The summed E-state index contributed by atoms with van der Waals surface area (Å²) in [6.07, 6.45) is 0.826. The van der Waals surface area contributed by atoms with Gasteiger partial charge in [0.15, 0.2) is 11.6 Å². The van der Waals surface area contributed by atoms with Gasteiger partial charge >= 0.3 is 0 Å². The number of sulfonamides is 1. The van der Waals surface area contributed by atoms with Crippen molar-refractivity contribution in [2.45, 2.75) is 45.8 Å². The van der Waals surface area contributed by atoms with Gasteiger partial charge in [0.2, 0.25) is 21.8 Å². The number of halogens is 4. The molecule has 0 unspecified atom stereocenters. The Morgan fingerprint density at radius 2 is 1.63 bits per heavy atom. The fourth-order valence-corrected chi connectivity index (χ4v) is 4.52. The second kappa shape index (κ2) is 11.1. The summed E-state index contributed by atoms with van der Waals surface area (Å²) in [7, 11) is -4.10. The Morgan fingerprint density at radius 3 is 2.11 bits per heavy atom. The molecule has 35 heavy (non-hydrogen) atoms. The first-order valence-corrected chi connectivity index (χ1v) is 13.1. The molecule has 0 heterocycles. The minimum Gasteiger partial charge on any atom is -0.350 e. The van der Waals surface area contributed by atoms with Crippen LogP contribution in [0.4, 0.5) is 14.5 Å². The topological polar surface area (TPSA) is 86.8 Å². The maximum atomic E-state index is 13.8. The molecule has 2 amide bonds. The molecule has 0 fully saturated rings. The third-order valence-corrected chi connectivity index (χ3v) is 6.77. The van der Waals surface area contributed by atoms with Gasteiger partial charge in [0.25, 0.3) is 0 Å². The zero-order valence-corrected chi connectivity index (χ0v) is 22.2. The van der Waals surface area contributed by atoms with Crippen molar-refractivity contribution in [3.8, 4) is 0 Å². The van der Waals surface area contributed by atoms with Crippen LogP contribution in [0, 0.1) is 11.6 Å². The molecule has 2 aromatic carbocycles. The van der Waals surface area contributed by atoms with E-state index < -0.39 is 51.6 Å². The van der Waals surface area contributed by atoms with Gasteiger partial charge in [-0.15, -0.1) is 0 Å². The van der Waals surface area contributed by atoms with Gasteiger partial charge < -0.3 is 10.2 Å². The van der Waals surface area contributed by atoms with Gasteiger partial charge in [0.05, 0.1) is 11.9 Å². The van der Waals surface area contributed by atoms with Gasteiger partial charge in [-0.25, -0.2) is 17.2 Å². The Bertz CT molecular complexity index is 1200. The van der Waals surface area contributed by atoms with Gasteiger partial charge in [-0.2, -0.15) is 0 Å². The zero-order chi connectivity index (χ0) is 26.7. The lowest BCUT2D eigenvalue weighted by molar-refractivity contribution is -0.140. The third-order valence-electron chi connectivity index (χ3n) is 4.93. The summed E-state index contributed by atoms with van der Waals surface area (Å²) < 4.78 is 52.8. The first kappa shape index (κ1) is 28.8. The van der Waals surface area contributed by atoms with Crippen molar-refractivity contribution in [2.24, 2.45) is 0 Å². The van der Waals surface area contributed by atoms with E-state index in [9.17, 15) is 26.8 Å². The first-order chi connectivity index (χ1) is 16.0. The van der Waals surface area contributed by atoms with Gasteiger partial charge in [-0.1, -0.05) is 29.3 Å². The van der Waals surface area contributed by atoms with Crippen molar-refractivity contribution in [1.82, 2.24) is 10.2 Å². The number of anilines is 1. The number of hydrogen-bond donors (Lipinski definition) is 1. The Labute approximate surface area is 214 Å². The molecule has 1 atom stereocenters. The lowest BCUT2D eigenvalue weighted by Gasteiger charge is -2.33. The number of carbonyl (C=O) groups is 2. The zero-order valence-electron chi connectivity index (χ0n) is 19.9. The van der Waals surface area contributed by atoms with E-state index in [1.165, 1.54) is 6.92 Å². The van der Waals surface area contributed by atoms with Gasteiger partial charge in [0, 0.05) is 33.8 Å². The average Bonchev–Trinajstić information content (AvgIpc) is 2.71. The van der Waals surface area contributed by atoms with Crippen LogP contribution in [0.25, 0.3) is 0 Å². The predicted octanol–water partition coefficient (Wildman–Crippen LogP) is 4.37. The molecule has 0 aliphatic heterocycles. The van der Waals surface area contributed by atoms with Crippen LogP contribution in [0.1, 0.15) is 33.3 Å². The van der Waals surface area contributed by atoms with Crippen molar-refractivity contribution in [3.05, 3.63) is 63.6 Å². The molecule has 1 N–H and O–H groups in total. The molecule has 192 valence electrons. The quantitative estimate of drug-likeness (QED) is 0.529. The standard InChI is InChI=1S/C23H27Cl2F2N3O4S/c1-14(22(32)28-23(2,3)4)29(12-16-17(24)7-6-8-18(16)25)21(31)13-30(35(5,33)34)15-9-10-19(26)20(27)11-15/h6-11,14H,12-13H2,1-5H3,(H,28,32)/t14-/m1/s1. The van der Waals surface area contributed by atoms with E-state index in [1.54, 1.807) is 39.0 Å². The van der Waals surface area contributed by atoms with Crippen LogP contribution in [-0.4, -0.2) is 49.5 Å². The molecule has 7 nitrogen and oxygen atoms in total. The molecule has 12 heteroatoms. The summed E-state index contributed by atoms with van der Waals surface area (Å²) in [4.78, 5) is 27.5. The smallest absolute Gasteiger partial charge is 0.244 e. The molecule has 0 saturated carbocycles. The fourth-order valence-electron chi connectivity index (χ4n) is 3.16. The second-order valence-electron chi connectivity index (χ2n) is 9.01. The summed E-state index contributed by atoms with van der Waals surface area (Å²) in [6, 6.07) is 6.16. The average molecular weight is 550 g/mol. The lowest BCUT2D eigenvalue weighted by atomic mass is 10.1. The number of rotatable bonds is 8. The van der Waals surface area contributed by atoms with Gasteiger partial charge in [-0.3, -0.25) is 13.9 Å². The van der Waals surface area contributed by atoms with E-state index >= 15 is 0 Å². The highest BCUT2D eigenvalue weighted by Crippen LogP contribution is 2.27. The van der Waals surface area contributed by atoms with E-state index in [1.807, 2.05) is 0 Å². The lowest BCUT2D eigenvalue weighted by Crippen LogP contribution is -2.54. The van der Waals surface area contributed by atoms with Crippen LogP contribution in [0.2, 0.25) is 10.0 Å². The van der Waals surface area contributed by atoms with Crippen LogP contribution in [0.5, 0.6) is 0 Å². The summed E-state index contributed by atoms with van der Waals surface area (Å²) in [5.41, 5.74) is -0.493. The molecule has 0 aromatic heterocycles. The van der Waals surface area contributed by atoms with E-state index in [0.29, 0.717) is 15.9 Å². The highest BCUT2D eigenvalue weighted by atomic mass is 35.5. The molecule has 0 aliphatic rings. The van der Waals surface area contributed by atoms with Crippen molar-refractivity contribution in [1.29, 1.82) is 0 Å². The normalized spacial score (nSPS) is 12.7. The van der Waals surface area contributed by atoms with Gasteiger partial charge in [0.1, 0.15) is 12.6 Å². The Morgan fingerprint density at radius 1 is 1.06 bits per heavy atom. The molecule has 0 aliphatic carbocycles. The van der Waals surface area contributed by atoms with Crippen LogP contribution in [-0.2, 0) is 26.2 Å². The van der Waals surface area contributed by atoms with Crippen molar-refractivity contribution < 1.29 is 26.8 Å². The number of nitrogens with one attached hydrogen (secondary N) is 1. The van der Waals surface area contributed by atoms with Gasteiger partial charge in [-0.05, 0) is 52.0 Å².